The molecule has 0 radical (unpaired) electrons. The molecule has 1 aliphatic heterocycles. The van der Waals surface area contributed by atoms with Gasteiger partial charge in [0.05, 0.1) is 0 Å². The molecule has 1 heterocycles. The molecule has 1 fully saturated rings. The van der Waals surface area contributed by atoms with Crippen molar-refractivity contribution >= 4 is 18.4 Å². The summed E-state index contributed by atoms with van der Waals surface area (Å²) in [6.45, 7) is 4.92. The molecule has 1 aliphatic rings. The quantitative estimate of drug-likeness (QED) is 0.574. The fourth-order valence-electron chi connectivity index (χ4n) is 1.80. The van der Waals surface area contributed by atoms with Crippen LogP contribution >= 0.6 is 0 Å². The van der Waals surface area contributed by atoms with E-state index < -0.39 is 0 Å². The van der Waals surface area contributed by atoms with E-state index in [-0.39, 0.29) is 12.9 Å². The minimum atomic E-state index is -0.289. The molecule has 0 bridgehead atoms. The zero-order chi connectivity index (χ0) is 12.1. The summed E-state index contributed by atoms with van der Waals surface area (Å²) < 4.78 is 11.0. The fraction of sp³-hybridized carbons (Fsp3) is 0.308. The van der Waals surface area contributed by atoms with Gasteiger partial charge in [-0.2, -0.15) is 0 Å². The lowest BCUT2D eigenvalue weighted by Crippen LogP contribution is -2.41. The van der Waals surface area contributed by atoms with Gasteiger partial charge in [0, 0.05) is 19.6 Å². The van der Waals surface area contributed by atoms with E-state index in [1.165, 1.54) is 6.08 Å². The van der Waals surface area contributed by atoms with Crippen LogP contribution in [0.3, 0.4) is 0 Å². The predicted octanol–water partition coefficient (Wildman–Crippen LogP) is 1.12. The third-order valence-electron chi connectivity index (χ3n) is 2.66. The van der Waals surface area contributed by atoms with Crippen LogP contribution in [0.4, 0.5) is 0 Å². The maximum absolute atomic E-state index is 11.3. The maximum atomic E-state index is 11.3. The van der Waals surface area contributed by atoms with Crippen LogP contribution in [-0.2, 0) is 20.5 Å². The number of benzene rings is 1. The highest BCUT2D eigenvalue weighted by molar-refractivity contribution is 6.61. The van der Waals surface area contributed by atoms with Gasteiger partial charge in [0.1, 0.15) is 0 Å². The first-order chi connectivity index (χ1) is 8.29. The topological polar surface area (TPSA) is 35.5 Å². The van der Waals surface area contributed by atoms with E-state index in [0.29, 0.717) is 6.42 Å². The van der Waals surface area contributed by atoms with Crippen molar-refractivity contribution in [2.24, 2.45) is 0 Å². The van der Waals surface area contributed by atoms with Gasteiger partial charge in [0.2, 0.25) is 0 Å². The van der Waals surface area contributed by atoms with Gasteiger partial charge in [-0.05, 0) is 23.5 Å². The molecular formula is C13H15BO3. The molecule has 2 rings (SSSR count). The highest BCUT2D eigenvalue weighted by Gasteiger charge is 2.24. The Morgan fingerprint density at radius 2 is 2.18 bits per heavy atom. The molecule has 1 aromatic carbocycles. The molecule has 4 heteroatoms. The van der Waals surface area contributed by atoms with E-state index in [9.17, 15) is 4.79 Å². The second-order valence-corrected chi connectivity index (χ2v) is 4.02. The van der Waals surface area contributed by atoms with Crippen LogP contribution in [0.25, 0.3) is 0 Å². The summed E-state index contributed by atoms with van der Waals surface area (Å²) in [7, 11) is -0.289. The summed E-state index contributed by atoms with van der Waals surface area (Å²) in [6, 6.07) is 7.76. The number of carbonyl (C=O) groups is 1. The second-order valence-electron chi connectivity index (χ2n) is 4.02. The van der Waals surface area contributed by atoms with Gasteiger partial charge < -0.3 is 9.31 Å². The largest absolute Gasteiger partial charge is 0.493 e. The van der Waals surface area contributed by atoms with Crippen LogP contribution in [0.5, 0.6) is 0 Å². The van der Waals surface area contributed by atoms with Crippen LogP contribution in [0.15, 0.2) is 36.9 Å². The molecule has 0 atom stereocenters. The number of ketones is 1. The summed E-state index contributed by atoms with van der Waals surface area (Å²) in [5.74, 6) is 0.0210. The second kappa shape index (κ2) is 5.80. The lowest BCUT2D eigenvalue weighted by Gasteiger charge is -2.20. The normalized spacial score (nSPS) is 15.6. The Balaban J connectivity index is 2.10. The molecule has 3 nitrogen and oxygen atoms in total. The Kier molecular flexibility index (Phi) is 4.12. The first kappa shape index (κ1) is 12.1. The molecule has 0 spiro atoms. The maximum Gasteiger partial charge on any atom is 0.493 e. The summed E-state index contributed by atoms with van der Waals surface area (Å²) >= 11 is 0. The summed E-state index contributed by atoms with van der Waals surface area (Å²) in [4.78, 5) is 11.3. The molecule has 0 amide bonds. The Bertz CT molecular complexity index is 411. The first-order valence-corrected chi connectivity index (χ1v) is 5.77. The summed E-state index contributed by atoms with van der Waals surface area (Å²) in [6.07, 6.45) is 2.66. The Morgan fingerprint density at radius 1 is 1.41 bits per heavy atom. The number of hydrogen-bond acceptors (Lipinski definition) is 3. The van der Waals surface area contributed by atoms with E-state index >= 15 is 0 Å². The third-order valence-corrected chi connectivity index (χ3v) is 2.66. The SMILES string of the molecule is C=CC(=O)Cc1cccc(B2OCCCO2)c1. The smallest absolute Gasteiger partial charge is 0.407 e. The van der Waals surface area contributed by atoms with Crippen LogP contribution in [0.2, 0.25) is 0 Å². The highest BCUT2D eigenvalue weighted by atomic mass is 16.6. The molecule has 0 unspecified atom stereocenters. The molecule has 0 aromatic heterocycles. The van der Waals surface area contributed by atoms with Crippen molar-refractivity contribution < 1.29 is 14.1 Å². The van der Waals surface area contributed by atoms with E-state index in [2.05, 4.69) is 6.58 Å². The number of carbonyl (C=O) groups excluding carboxylic acids is 1. The molecule has 0 aliphatic carbocycles. The van der Waals surface area contributed by atoms with Crippen molar-refractivity contribution in [1.82, 2.24) is 0 Å². The van der Waals surface area contributed by atoms with Crippen molar-refractivity contribution in [2.45, 2.75) is 12.8 Å². The first-order valence-electron chi connectivity index (χ1n) is 5.77. The monoisotopic (exact) mass is 230 g/mol. The molecule has 0 saturated carbocycles. The van der Waals surface area contributed by atoms with Crippen LogP contribution in [0.1, 0.15) is 12.0 Å². The predicted molar refractivity (Wildman–Crippen MR) is 67.3 cm³/mol. The molecule has 88 valence electrons. The Morgan fingerprint density at radius 3 is 2.88 bits per heavy atom. The average Bonchev–Trinajstić information content (AvgIpc) is 2.40. The lowest BCUT2D eigenvalue weighted by molar-refractivity contribution is -0.114. The Hall–Kier alpha value is -1.39. The molecule has 0 N–H and O–H groups in total. The van der Waals surface area contributed by atoms with Crippen LogP contribution < -0.4 is 5.46 Å². The summed E-state index contributed by atoms with van der Waals surface area (Å²) in [5.41, 5.74) is 1.93. The minimum absolute atomic E-state index is 0.0210. The Labute approximate surface area is 102 Å². The van der Waals surface area contributed by atoms with Gasteiger partial charge in [-0.15, -0.1) is 0 Å². The zero-order valence-electron chi connectivity index (χ0n) is 9.72. The van der Waals surface area contributed by atoms with Crippen molar-refractivity contribution in [3.8, 4) is 0 Å². The standard InChI is InChI=1S/C13H15BO3/c1-2-13(15)10-11-5-3-6-12(9-11)14-16-7-4-8-17-14/h2-3,5-6,9H,1,4,7-8,10H2. The lowest BCUT2D eigenvalue weighted by atomic mass is 9.77. The number of allylic oxidation sites excluding steroid dienone is 1. The average molecular weight is 230 g/mol. The van der Waals surface area contributed by atoms with Crippen LogP contribution in [0, 0.1) is 0 Å². The van der Waals surface area contributed by atoms with Crippen LogP contribution in [-0.4, -0.2) is 26.1 Å². The van der Waals surface area contributed by atoms with E-state index in [1.807, 2.05) is 24.3 Å². The molecule has 1 saturated heterocycles. The van der Waals surface area contributed by atoms with E-state index in [4.69, 9.17) is 9.31 Å². The fourth-order valence-corrected chi connectivity index (χ4v) is 1.80. The molecule has 1 aromatic rings. The van der Waals surface area contributed by atoms with Gasteiger partial charge >= 0.3 is 7.12 Å². The number of rotatable bonds is 4. The zero-order valence-corrected chi connectivity index (χ0v) is 9.72. The molecule has 17 heavy (non-hydrogen) atoms. The van der Waals surface area contributed by atoms with Crippen molar-refractivity contribution in [3.05, 3.63) is 42.5 Å². The van der Waals surface area contributed by atoms with Crippen molar-refractivity contribution in [1.29, 1.82) is 0 Å². The highest BCUT2D eigenvalue weighted by Crippen LogP contribution is 2.05. The van der Waals surface area contributed by atoms with Gasteiger partial charge in [-0.3, -0.25) is 4.79 Å². The summed E-state index contributed by atoms with van der Waals surface area (Å²) in [5, 5.41) is 0. The number of hydrogen-bond donors (Lipinski definition) is 0. The third kappa shape index (κ3) is 3.28. The van der Waals surface area contributed by atoms with Crippen molar-refractivity contribution in [2.75, 3.05) is 13.2 Å². The van der Waals surface area contributed by atoms with Gasteiger partial charge in [-0.25, -0.2) is 0 Å². The van der Waals surface area contributed by atoms with Crippen molar-refractivity contribution in [3.63, 3.8) is 0 Å². The van der Waals surface area contributed by atoms with E-state index in [1.54, 1.807) is 0 Å². The minimum Gasteiger partial charge on any atom is -0.407 e. The van der Waals surface area contributed by atoms with Gasteiger partial charge in [0.15, 0.2) is 5.78 Å². The van der Waals surface area contributed by atoms with Gasteiger partial charge in [0.25, 0.3) is 0 Å². The van der Waals surface area contributed by atoms with E-state index in [0.717, 1.165) is 30.7 Å². The van der Waals surface area contributed by atoms with Gasteiger partial charge in [-0.1, -0.05) is 30.8 Å². The molecular weight excluding hydrogens is 215 g/mol.